The van der Waals surface area contributed by atoms with Gasteiger partial charge in [0.05, 0.1) is 30.9 Å². The van der Waals surface area contributed by atoms with Crippen LogP contribution in [0.15, 0.2) is 29.4 Å². The van der Waals surface area contributed by atoms with Gasteiger partial charge in [-0.2, -0.15) is 0 Å². The maximum Gasteiger partial charge on any atom is 0.169 e. The van der Waals surface area contributed by atoms with Gasteiger partial charge in [-0.15, -0.1) is 0 Å². The fourth-order valence-corrected chi connectivity index (χ4v) is 3.80. The highest BCUT2D eigenvalue weighted by molar-refractivity contribution is 7.99. The van der Waals surface area contributed by atoms with Crippen LogP contribution in [0.4, 0.5) is 0 Å². The zero-order valence-corrected chi connectivity index (χ0v) is 14.6. The predicted molar refractivity (Wildman–Crippen MR) is 94.2 cm³/mol. The molecule has 2 aromatic rings. The maximum absolute atomic E-state index is 5.39. The topological polar surface area (TPSA) is 39.5 Å². The Morgan fingerprint density at radius 3 is 2.87 bits per heavy atom. The third kappa shape index (κ3) is 4.47. The number of morpholine rings is 1. The fraction of sp³-hybridized carbons (Fsp3) is 0.588. The van der Waals surface area contributed by atoms with Crippen molar-refractivity contribution >= 4 is 22.8 Å². The number of imidazole rings is 1. The Hall–Kier alpha value is -1.08. The van der Waals surface area contributed by atoms with Crippen LogP contribution in [0.25, 0.3) is 11.0 Å². The van der Waals surface area contributed by atoms with Crippen molar-refractivity contribution < 1.29 is 9.47 Å². The summed E-state index contributed by atoms with van der Waals surface area (Å²) in [4.78, 5) is 7.27. The number of nitrogens with zero attached hydrogens (tertiary/aromatic N) is 3. The number of para-hydroxylation sites is 2. The molecule has 1 saturated heterocycles. The molecule has 0 aliphatic carbocycles. The highest BCUT2D eigenvalue weighted by Gasteiger charge is 2.12. The van der Waals surface area contributed by atoms with E-state index in [1.165, 1.54) is 11.9 Å². The minimum absolute atomic E-state index is 0.710. The van der Waals surface area contributed by atoms with Crippen molar-refractivity contribution in [1.82, 2.24) is 14.5 Å². The largest absolute Gasteiger partial charge is 0.383 e. The van der Waals surface area contributed by atoms with E-state index in [1.54, 1.807) is 7.11 Å². The van der Waals surface area contributed by atoms with Crippen LogP contribution in [0.1, 0.15) is 6.42 Å². The summed E-state index contributed by atoms with van der Waals surface area (Å²) in [6, 6.07) is 8.33. The van der Waals surface area contributed by atoms with Gasteiger partial charge >= 0.3 is 0 Å². The lowest BCUT2D eigenvalue weighted by molar-refractivity contribution is 0.0381. The molecule has 1 aliphatic heterocycles. The van der Waals surface area contributed by atoms with Crippen molar-refractivity contribution in [2.24, 2.45) is 0 Å². The molecule has 0 bridgehead atoms. The third-order valence-corrected chi connectivity index (χ3v) is 5.15. The van der Waals surface area contributed by atoms with E-state index in [-0.39, 0.29) is 0 Å². The molecule has 2 heterocycles. The molecule has 126 valence electrons. The molecule has 0 unspecified atom stereocenters. The fourth-order valence-electron chi connectivity index (χ4n) is 2.84. The minimum Gasteiger partial charge on any atom is -0.383 e. The van der Waals surface area contributed by atoms with E-state index < -0.39 is 0 Å². The van der Waals surface area contributed by atoms with Crippen LogP contribution in [0.3, 0.4) is 0 Å². The molecule has 6 heteroatoms. The van der Waals surface area contributed by atoms with Crippen LogP contribution in [-0.2, 0) is 16.0 Å². The van der Waals surface area contributed by atoms with Crippen LogP contribution in [-0.4, -0.2) is 66.8 Å². The average molecular weight is 335 g/mol. The van der Waals surface area contributed by atoms with Crippen molar-refractivity contribution in [3.05, 3.63) is 24.3 Å². The van der Waals surface area contributed by atoms with Gasteiger partial charge in [-0.25, -0.2) is 4.98 Å². The zero-order chi connectivity index (χ0) is 15.9. The van der Waals surface area contributed by atoms with Crippen molar-refractivity contribution in [2.75, 3.05) is 52.3 Å². The normalized spacial score (nSPS) is 16.2. The van der Waals surface area contributed by atoms with E-state index in [0.29, 0.717) is 6.61 Å². The molecule has 1 aromatic carbocycles. The first kappa shape index (κ1) is 16.8. The summed E-state index contributed by atoms with van der Waals surface area (Å²) in [5, 5.41) is 1.10. The highest BCUT2D eigenvalue weighted by Crippen LogP contribution is 2.24. The summed E-state index contributed by atoms with van der Waals surface area (Å²) in [5.74, 6) is 1.09. The molecule has 0 saturated carbocycles. The van der Waals surface area contributed by atoms with Gasteiger partial charge in [-0.05, 0) is 25.1 Å². The summed E-state index contributed by atoms with van der Waals surface area (Å²) >= 11 is 1.85. The Kier molecular flexibility index (Phi) is 6.33. The molecule has 0 atom stereocenters. The highest BCUT2D eigenvalue weighted by atomic mass is 32.2. The van der Waals surface area contributed by atoms with E-state index in [4.69, 9.17) is 14.5 Å². The lowest BCUT2D eigenvalue weighted by Gasteiger charge is -2.26. The second-order valence-corrected chi connectivity index (χ2v) is 6.75. The van der Waals surface area contributed by atoms with Crippen molar-refractivity contribution in [3.63, 3.8) is 0 Å². The van der Waals surface area contributed by atoms with E-state index in [9.17, 15) is 0 Å². The SMILES string of the molecule is COCCn1c(SCCCN2CCOCC2)nc2ccccc21. The van der Waals surface area contributed by atoms with Crippen molar-refractivity contribution in [3.8, 4) is 0 Å². The minimum atomic E-state index is 0.710. The number of rotatable bonds is 8. The Balaban J connectivity index is 1.57. The molecule has 1 aromatic heterocycles. The van der Waals surface area contributed by atoms with Gasteiger partial charge in [0.15, 0.2) is 5.16 Å². The molecular weight excluding hydrogens is 310 g/mol. The first-order valence-corrected chi connectivity index (χ1v) is 9.24. The molecule has 1 fully saturated rings. The quantitative estimate of drug-likeness (QED) is 0.547. The number of fused-ring (bicyclic) bond motifs is 1. The van der Waals surface area contributed by atoms with E-state index in [0.717, 1.165) is 55.8 Å². The molecule has 5 nitrogen and oxygen atoms in total. The number of methoxy groups -OCH3 is 1. The van der Waals surface area contributed by atoms with Crippen LogP contribution in [0, 0.1) is 0 Å². The lowest BCUT2D eigenvalue weighted by atomic mass is 10.3. The van der Waals surface area contributed by atoms with E-state index >= 15 is 0 Å². The first-order valence-electron chi connectivity index (χ1n) is 8.25. The van der Waals surface area contributed by atoms with Crippen LogP contribution >= 0.6 is 11.8 Å². The zero-order valence-electron chi connectivity index (χ0n) is 13.7. The van der Waals surface area contributed by atoms with Gasteiger partial charge in [0.1, 0.15) is 0 Å². The van der Waals surface area contributed by atoms with Gasteiger partial charge in [0, 0.05) is 32.5 Å². The van der Waals surface area contributed by atoms with Gasteiger partial charge in [0.2, 0.25) is 0 Å². The lowest BCUT2D eigenvalue weighted by Crippen LogP contribution is -2.36. The summed E-state index contributed by atoms with van der Waals surface area (Å²) in [6.07, 6.45) is 1.18. The number of benzene rings is 1. The molecule has 0 spiro atoms. The summed E-state index contributed by atoms with van der Waals surface area (Å²) in [7, 11) is 1.74. The van der Waals surface area contributed by atoms with Gasteiger partial charge < -0.3 is 14.0 Å². The molecular formula is C17H25N3O2S. The standard InChI is InChI=1S/C17H25N3O2S/c1-21-11-10-20-16-6-3-2-5-15(16)18-17(20)23-14-4-7-19-8-12-22-13-9-19/h2-3,5-6H,4,7-14H2,1H3. The Bertz CT molecular complexity index is 611. The number of hydrogen-bond donors (Lipinski definition) is 0. The third-order valence-electron chi connectivity index (χ3n) is 4.09. The summed E-state index contributed by atoms with van der Waals surface area (Å²) in [6.45, 7) is 6.59. The number of ether oxygens (including phenoxy) is 2. The smallest absolute Gasteiger partial charge is 0.169 e. The second kappa shape index (κ2) is 8.68. The van der Waals surface area contributed by atoms with E-state index in [2.05, 4.69) is 27.7 Å². The Morgan fingerprint density at radius 2 is 2.04 bits per heavy atom. The van der Waals surface area contributed by atoms with Crippen molar-refractivity contribution in [2.45, 2.75) is 18.1 Å². The number of hydrogen-bond acceptors (Lipinski definition) is 5. The summed E-state index contributed by atoms with van der Waals surface area (Å²) in [5.41, 5.74) is 2.26. The number of thioether (sulfide) groups is 1. The second-order valence-electron chi connectivity index (χ2n) is 5.68. The monoisotopic (exact) mass is 335 g/mol. The Morgan fingerprint density at radius 1 is 1.22 bits per heavy atom. The van der Waals surface area contributed by atoms with E-state index in [1.807, 2.05) is 17.8 Å². The molecule has 0 radical (unpaired) electrons. The van der Waals surface area contributed by atoms with Crippen LogP contribution in [0.5, 0.6) is 0 Å². The van der Waals surface area contributed by atoms with Gasteiger partial charge in [-0.1, -0.05) is 23.9 Å². The average Bonchev–Trinajstić information content (AvgIpc) is 2.95. The molecule has 3 rings (SSSR count). The van der Waals surface area contributed by atoms with Gasteiger partial charge in [0.25, 0.3) is 0 Å². The number of aromatic nitrogens is 2. The molecule has 23 heavy (non-hydrogen) atoms. The van der Waals surface area contributed by atoms with Gasteiger partial charge in [-0.3, -0.25) is 4.90 Å². The van der Waals surface area contributed by atoms with Crippen LogP contribution in [0.2, 0.25) is 0 Å². The first-order chi connectivity index (χ1) is 11.4. The predicted octanol–water partition coefficient (Wildman–Crippen LogP) is 2.50. The van der Waals surface area contributed by atoms with Crippen LogP contribution < -0.4 is 0 Å². The molecule has 0 N–H and O–H groups in total. The molecule has 1 aliphatic rings. The summed E-state index contributed by atoms with van der Waals surface area (Å²) < 4.78 is 12.9. The maximum atomic E-state index is 5.39. The Labute approximate surface area is 142 Å². The van der Waals surface area contributed by atoms with Crippen molar-refractivity contribution in [1.29, 1.82) is 0 Å². The molecule has 0 amide bonds.